The third-order valence-electron chi connectivity index (χ3n) is 6.00. The van der Waals surface area contributed by atoms with Crippen LogP contribution in [0.5, 0.6) is 0 Å². The van der Waals surface area contributed by atoms with Gasteiger partial charge < -0.3 is 9.64 Å². The van der Waals surface area contributed by atoms with E-state index in [1.54, 1.807) is 18.3 Å². The van der Waals surface area contributed by atoms with E-state index in [0.29, 0.717) is 5.56 Å². The lowest BCUT2D eigenvalue weighted by molar-refractivity contribution is 0.0378. The Labute approximate surface area is 197 Å². The maximum Gasteiger partial charge on any atom is 0.342 e. The molecule has 0 saturated carbocycles. The molecule has 0 amide bonds. The zero-order valence-corrected chi connectivity index (χ0v) is 19.6. The van der Waals surface area contributed by atoms with Crippen LogP contribution < -0.4 is 4.90 Å². The fourth-order valence-electron chi connectivity index (χ4n) is 4.21. The topological polar surface area (TPSA) is 45.7 Å². The van der Waals surface area contributed by atoms with Crippen LogP contribution in [0.15, 0.2) is 72.9 Å². The molecule has 0 radical (unpaired) electrons. The molecule has 5 nitrogen and oxygen atoms in total. The maximum atomic E-state index is 12.5. The highest BCUT2D eigenvalue weighted by Crippen LogP contribution is 2.21. The van der Waals surface area contributed by atoms with Crippen molar-refractivity contribution in [2.45, 2.75) is 39.3 Å². The summed E-state index contributed by atoms with van der Waals surface area (Å²) in [6.45, 7) is 8.22. The minimum atomic E-state index is -0.303. The molecule has 1 saturated heterocycles. The molecular weight excluding hydrogens is 410 g/mol. The van der Waals surface area contributed by atoms with Crippen molar-refractivity contribution in [1.82, 2.24) is 9.88 Å². The van der Waals surface area contributed by atoms with Crippen LogP contribution in [0.25, 0.3) is 0 Å². The number of carbonyl (C=O) groups excluding carboxylic acids is 1. The van der Waals surface area contributed by atoms with Crippen LogP contribution in [-0.2, 0) is 24.1 Å². The normalized spacial score (nSPS) is 14.5. The molecule has 5 heteroatoms. The Kier molecular flexibility index (Phi) is 7.74. The zero-order chi connectivity index (χ0) is 23.0. The summed E-state index contributed by atoms with van der Waals surface area (Å²) in [5.41, 5.74) is 4.65. The second kappa shape index (κ2) is 11.1. The zero-order valence-electron chi connectivity index (χ0n) is 19.6. The summed E-state index contributed by atoms with van der Waals surface area (Å²) in [6.07, 6.45) is 3.73. The van der Waals surface area contributed by atoms with Gasteiger partial charge in [-0.05, 0) is 55.5 Å². The van der Waals surface area contributed by atoms with Crippen molar-refractivity contribution in [2.24, 2.45) is 0 Å². The number of pyridine rings is 1. The first-order valence-corrected chi connectivity index (χ1v) is 11.8. The van der Waals surface area contributed by atoms with E-state index >= 15 is 0 Å². The molecular formula is C28H33N3O2. The van der Waals surface area contributed by atoms with Gasteiger partial charge in [-0.1, -0.05) is 54.6 Å². The highest BCUT2D eigenvalue weighted by molar-refractivity contribution is 5.94. The van der Waals surface area contributed by atoms with Gasteiger partial charge in [0, 0.05) is 38.9 Å². The third-order valence-corrected chi connectivity index (χ3v) is 6.00. The number of esters is 1. The molecule has 0 N–H and O–H groups in total. The summed E-state index contributed by atoms with van der Waals surface area (Å²) in [7, 11) is 0. The lowest BCUT2D eigenvalue weighted by Gasteiger charge is -2.36. The van der Waals surface area contributed by atoms with E-state index in [4.69, 9.17) is 4.74 Å². The Morgan fingerprint density at radius 3 is 2.15 bits per heavy atom. The van der Waals surface area contributed by atoms with Crippen molar-refractivity contribution in [3.63, 3.8) is 0 Å². The molecule has 1 fully saturated rings. The number of piperazine rings is 1. The molecule has 33 heavy (non-hydrogen) atoms. The predicted molar refractivity (Wildman–Crippen MR) is 133 cm³/mol. The van der Waals surface area contributed by atoms with Gasteiger partial charge in [-0.3, -0.25) is 4.90 Å². The average molecular weight is 444 g/mol. The van der Waals surface area contributed by atoms with E-state index in [9.17, 15) is 4.79 Å². The second-order valence-electron chi connectivity index (χ2n) is 8.89. The molecule has 0 atom stereocenters. The molecule has 0 aliphatic carbocycles. The fraction of sp³-hybridized carbons (Fsp3) is 0.357. The van der Waals surface area contributed by atoms with Crippen LogP contribution >= 0.6 is 0 Å². The molecule has 0 unspecified atom stereocenters. The van der Waals surface area contributed by atoms with Crippen LogP contribution in [0, 0.1) is 0 Å². The largest absolute Gasteiger partial charge is 0.459 e. The van der Waals surface area contributed by atoms with Crippen LogP contribution in [0.4, 0.5) is 5.82 Å². The first-order valence-electron chi connectivity index (χ1n) is 11.8. The monoisotopic (exact) mass is 443 g/mol. The Morgan fingerprint density at radius 1 is 0.848 bits per heavy atom. The molecule has 2 aromatic carbocycles. The average Bonchev–Trinajstić information content (AvgIpc) is 2.84. The van der Waals surface area contributed by atoms with Crippen LogP contribution in [-0.4, -0.2) is 48.1 Å². The van der Waals surface area contributed by atoms with Crippen LogP contribution in [0.1, 0.15) is 40.9 Å². The number of ether oxygens (including phenoxy) is 1. The molecule has 4 rings (SSSR count). The lowest BCUT2D eigenvalue weighted by atomic mass is 10.0. The molecule has 2 heterocycles. The Hall–Kier alpha value is -3.18. The van der Waals surface area contributed by atoms with Gasteiger partial charge in [0.05, 0.1) is 6.10 Å². The van der Waals surface area contributed by atoms with Gasteiger partial charge >= 0.3 is 5.97 Å². The number of anilines is 1. The lowest BCUT2D eigenvalue weighted by Crippen LogP contribution is -2.46. The number of hydrogen-bond donors (Lipinski definition) is 0. The molecule has 0 bridgehead atoms. The summed E-state index contributed by atoms with van der Waals surface area (Å²) in [5.74, 6) is 0.424. The summed E-state index contributed by atoms with van der Waals surface area (Å²) in [5, 5.41) is 0. The Balaban J connectivity index is 1.29. The van der Waals surface area contributed by atoms with Gasteiger partial charge in [0.25, 0.3) is 0 Å². The smallest absolute Gasteiger partial charge is 0.342 e. The van der Waals surface area contributed by atoms with Crippen LogP contribution in [0.3, 0.4) is 0 Å². The van der Waals surface area contributed by atoms with E-state index in [0.717, 1.165) is 51.4 Å². The molecule has 0 spiro atoms. The van der Waals surface area contributed by atoms with E-state index in [2.05, 4.69) is 69.4 Å². The fourth-order valence-corrected chi connectivity index (χ4v) is 4.21. The van der Waals surface area contributed by atoms with Gasteiger partial charge in [0.1, 0.15) is 11.4 Å². The number of carbonyl (C=O) groups is 1. The number of hydrogen-bond acceptors (Lipinski definition) is 5. The number of aromatic nitrogens is 1. The second-order valence-corrected chi connectivity index (χ2v) is 8.89. The van der Waals surface area contributed by atoms with E-state index in [-0.39, 0.29) is 12.1 Å². The highest BCUT2D eigenvalue weighted by atomic mass is 16.5. The van der Waals surface area contributed by atoms with Gasteiger partial charge in [-0.2, -0.15) is 0 Å². The van der Waals surface area contributed by atoms with Crippen molar-refractivity contribution in [3.05, 3.63) is 95.2 Å². The number of rotatable bonds is 8. The standard InChI is InChI=1S/C28H33N3O2/c1-22(2)33-28(32)26-9-6-16-29-27(26)31-19-17-30(18-20-31)21-25-14-12-24(13-15-25)11-10-23-7-4-3-5-8-23/h3-9,12-16,22H,10-11,17-21H2,1-2H3. The van der Waals surface area contributed by atoms with Crippen molar-refractivity contribution >= 4 is 11.8 Å². The summed E-state index contributed by atoms with van der Waals surface area (Å²) < 4.78 is 5.40. The van der Waals surface area contributed by atoms with E-state index in [1.165, 1.54) is 16.7 Å². The summed E-state index contributed by atoms with van der Waals surface area (Å²) in [4.78, 5) is 21.6. The minimum Gasteiger partial charge on any atom is -0.459 e. The minimum absolute atomic E-state index is 0.146. The van der Waals surface area contributed by atoms with Gasteiger partial charge in [-0.25, -0.2) is 9.78 Å². The van der Waals surface area contributed by atoms with Crippen molar-refractivity contribution in [3.8, 4) is 0 Å². The number of aryl methyl sites for hydroxylation is 2. The van der Waals surface area contributed by atoms with Crippen molar-refractivity contribution < 1.29 is 9.53 Å². The number of nitrogens with zero attached hydrogens (tertiary/aromatic N) is 3. The molecule has 1 aliphatic heterocycles. The molecule has 3 aromatic rings. The predicted octanol–water partition coefficient (Wildman–Crippen LogP) is 4.75. The van der Waals surface area contributed by atoms with Gasteiger partial charge in [0.2, 0.25) is 0 Å². The first kappa shape index (κ1) is 23.0. The molecule has 1 aromatic heterocycles. The van der Waals surface area contributed by atoms with Gasteiger partial charge in [0.15, 0.2) is 0 Å². The van der Waals surface area contributed by atoms with Crippen molar-refractivity contribution in [1.29, 1.82) is 0 Å². The highest BCUT2D eigenvalue weighted by Gasteiger charge is 2.23. The SMILES string of the molecule is CC(C)OC(=O)c1cccnc1N1CCN(Cc2ccc(CCc3ccccc3)cc2)CC1. The quantitative estimate of drug-likeness (QED) is 0.470. The van der Waals surface area contributed by atoms with E-state index < -0.39 is 0 Å². The molecule has 1 aliphatic rings. The molecule has 172 valence electrons. The summed E-state index contributed by atoms with van der Waals surface area (Å²) >= 11 is 0. The van der Waals surface area contributed by atoms with Crippen LogP contribution in [0.2, 0.25) is 0 Å². The van der Waals surface area contributed by atoms with E-state index in [1.807, 2.05) is 13.8 Å². The van der Waals surface area contributed by atoms with Crippen molar-refractivity contribution in [2.75, 3.05) is 31.1 Å². The maximum absolute atomic E-state index is 12.5. The van der Waals surface area contributed by atoms with Gasteiger partial charge in [-0.15, -0.1) is 0 Å². The third kappa shape index (κ3) is 6.42. The first-order chi connectivity index (χ1) is 16.1. The summed E-state index contributed by atoms with van der Waals surface area (Å²) in [6, 6.07) is 23.3. The Bertz CT molecular complexity index is 1030. The Morgan fingerprint density at radius 2 is 1.48 bits per heavy atom. The number of benzene rings is 2.